The van der Waals surface area contributed by atoms with Crippen LogP contribution in [0, 0.1) is 5.41 Å². The first-order valence-corrected chi connectivity index (χ1v) is 9.44. The van der Waals surface area contributed by atoms with Crippen molar-refractivity contribution in [2.24, 2.45) is 10.4 Å². The highest BCUT2D eigenvalue weighted by Gasteiger charge is 2.42. The number of hydrogen-bond donors (Lipinski definition) is 1. The summed E-state index contributed by atoms with van der Waals surface area (Å²) in [6, 6.07) is 7.55. The Morgan fingerprint density at radius 3 is 2.74 bits per heavy atom. The number of rotatable bonds is 5. The van der Waals surface area contributed by atoms with Crippen molar-refractivity contribution < 1.29 is 14.3 Å². The zero-order valence-corrected chi connectivity index (χ0v) is 18.5. The Morgan fingerprint density at radius 2 is 2.11 bits per heavy atom. The third-order valence-corrected chi connectivity index (χ3v) is 5.29. The molecule has 2 aliphatic rings. The maximum absolute atomic E-state index is 11.5. The molecule has 2 aliphatic heterocycles. The summed E-state index contributed by atoms with van der Waals surface area (Å²) in [4.78, 5) is 18.7. The smallest absolute Gasteiger partial charge is 0.337 e. The van der Waals surface area contributed by atoms with Gasteiger partial charge in [-0.1, -0.05) is 12.1 Å². The topological polar surface area (TPSA) is 63.2 Å². The van der Waals surface area contributed by atoms with Crippen LogP contribution >= 0.6 is 24.0 Å². The molecule has 6 nitrogen and oxygen atoms in total. The number of carbonyl (C=O) groups excluding carboxylic acids is 1. The molecule has 3 rings (SSSR count). The van der Waals surface area contributed by atoms with Crippen molar-refractivity contribution in [1.82, 2.24) is 10.2 Å². The summed E-state index contributed by atoms with van der Waals surface area (Å²) >= 11 is 0. The van der Waals surface area contributed by atoms with Gasteiger partial charge in [-0.2, -0.15) is 0 Å². The van der Waals surface area contributed by atoms with Gasteiger partial charge < -0.3 is 19.7 Å². The summed E-state index contributed by atoms with van der Waals surface area (Å²) in [5.41, 5.74) is 2.08. The van der Waals surface area contributed by atoms with E-state index >= 15 is 0 Å². The molecule has 1 spiro atoms. The maximum atomic E-state index is 11.5. The number of aliphatic imine (C=N–C) groups is 1. The molecule has 27 heavy (non-hydrogen) atoms. The molecule has 0 aliphatic carbocycles. The molecule has 2 heterocycles. The Balaban J connectivity index is 0.00000261. The number of nitrogens with one attached hydrogen (secondary N) is 1. The van der Waals surface area contributed by atoms with Gasteiger partial charge in [-0.3, -0.25) is 4.99 Å². The van der Waals surface area contributed by atoms with Gasteiger partial charge in [0.1, 0.15) is 0 Å². The van der Waals surface area contributed by atoms with Gasteiger partial charge in [0.05, 0.1) is 19.3 Å². The van der Waals surface area contributed by atoms with Crippen LogP contribution < -0.4 is 5.32 Å². The number of ether oxygens (including phenoxy) is 2. The largest absolute Gasteiger partial charge is 0.465 e. The standard InChI is InChI=1S/C20H29N3O3.HI/c1-3-21-19(23-12-9-20(14-23)10-13-26-15-20)22-11-8-16-4-6-17(7-5-16)18(24)25-2;/h4-7H,3,8-15H2,1-2H3,(H,21,22);1H. The Hall–Kier alpha value is -1.35. The molecule has 0 saturated carbocycles. The minimum Gasteiger partial charge on any atom is -0.465 e. The zero-order valence-electron chi connectivity index (χ0n) is 16.2. The number of guanidine groups is 1. The Kier molecular flexibility index (Phi) is 8.34. The molecule has 2 saturated heterocycles. The summed E-state index contributed by atoms with van der Waals surface area (Å²) in [6.07, 6.45) is 3.19. The summed E-state index contributed by atoms with van der Waals surface area (Å²) in [5.74, 6) is 0.699. The lowest BCUT2D eigenvalue weighted by Gasteiger charge is -2.25. The van der Waals surface area contributed by atoms with Gasteiger partial charge in [0.25, 0.3) is 0 Å². The fourth-order valence-corrected chi connectivity index (χ4v) is 3.73. The molecule has 1 unspecified atom stereocenters. The molecule has 0 aromatic heterocycles. The molecule has 150 valence electrons. The van der Waals surface area contributed by atoms with E-state index in [2.05, 4.69) is 17.1 Å². The lowest BCUT2D eigenvalue weighted by Crippen LogP contribution is -2.41. The number of hydrogen-bond acceptors (Lipinski definition) is 4. The number of halogens is 1. The number of esters is 1. The summed E-state index contributed by atoms with van der Waals surface area (Å²) in [5, 5.41) is 3.42. The molecule has 1 aromatic carbocycles. The molecule has 1 atom stereocenters. The van der Waals surface area contributed by atoms with E-state index in [0.717, 1.165) is 58.2 Å². The van der Waals surface area contributed by atoms with E-state index < -0.39 is 0 Å². The maximum Gasteiger partial charge on any atom is 0.337 e. The first-order valence-electron chi connectivity index (χ1n) is 9.44. The molecule has 7 heteroatoms. The predicted octanol–water partition coefficient (Wildman–Crippen LogP) is 2.71. The number of nitrogens with zero attached hydrogens (tertiary/aromatic N) is 2. The van der Waals surface area contributed by atoms with E-state index in [-0.39, 0.29) is 29.9 Å². The quantitative estimate of drug-likeness (QED) is 0.300. The molecule has 0 bridgehead atoms. The van der Waals surface area contributed by atoms with Gasteiger partial charge in [0.2, 0.25) is 0 Å². The van der Waals surface area contributed by atoms with Gasteiger partial charge in [-0.15, -0.1) is 24.0 Å². The number of likely N-dealkylation sites (tertiary alicyclic amines) is 1. The molecule has 2 fully saturated rings. The van der Waals surface area contributed by atoms with Crippen LogP contribution in [0.5, 0.6) is 0 Å². The Morgan fingerprint density at radius 1 is 1.33 bits per heavy atom. The van der Waals surface area contributed by atoms with Crippen LogP contribution in [0.1, 0.15) is 35.7 Å². The fourth-order valence-electron chi connectivity index (χ4n) is 3.73. The average molecular weight is 487 g/mol. The normalized spacial score (nSPS) is 22.0. The minimum atomic E-state index is -0.303. The fraction of sp³-hybridized carbons (Fsp3) is 0.600. The highest BCUT2D eigenvalue weighted by atomic mass is 127. The van der Waals surface area contributed by atoms with Gasteiger partial charge in [0.15, 0.2) is 5.96 Å². The van der Waals surface area contributed by atoms with Crippen LogP contribution in [0.2, 0.25) is 0 Å². The molecule has 0 amide bonds. The van der Waals surface area contributed by atoms with Gasteiger partial charge in [-0.25, -0.2) is 4.79 Å². The number of methoxy groups -OCH3 is 1. The van der Waals surface area contributed by atoms with Crippen molar-refractivity contribution in [3.8, 4) is 0 Å². The van der Waals surface area contributed by atoms with Crippen LogP contribution in [0.25, 0.3) is 0 Å². The molecular formula is C20H30IN3O3. The van der Waals surface area contributed by atoms with Crippen molar-refractivity contribution in [3.05, 3.63) is 35.4 Å². The van der Waals surface area contributed by atoms with Crippen molar-refractivity contribution in [2.45, 2.75) is 26.2 Å². The van der Waals surface area contributed by atoms with Crippen molar-refractivity contribution in [3.63, 3.8) is 0 Å². The second-order valence-electron chi connectivity index (χ2n) is 7.15. The second kappa shape index (κ2) is 10.3. The Bertz CT molecular complexity index is 642. The van der Waals surface area contributed by atoms with Crippen LogP contribution in [0.15, 0.2) is 29.3 Å². The van der Waals surface area contributed by atoms with Crippen LogP contribution in [-0.2, 0) is 15.9 Å². The lowest BCUT2D eigenvalue weighted by atomic mass is 9.87. The molecular weight excluding hydrogens is 457 g/mol. The highest BCUT2D eigenvalue weighted by molar-refractivity contribution is 14.0. The zero-order chi connectivity index (χ0) is 18.4. The summed E-state index contributed by atoms with van der Waals surface area (Å²) in [6.45, 7) is 7.55. The molecule has 0 radical (unpaired) electrons. The van der Waals surface area contributed by atoms with E-state index in [4.69, 9.17) is 14.5 Å². The van der Waals surface area contributed by atoms with Crippen LogP contribution in [-0.4, -0.2) is 63.3 Å². The van der Waals surface area contributed by atoms with Crippen LogP contribution in [0.4, 0.5) is 0 Å². The SMILES string of the molecule is CCNC(=NCCc1ccc(C(=O)OC)cc1)N1CCC2(CCOC2)C1.I. The van der Waals surface area contributed by atoms with Crippen molar-refractivity contribution in [1.29, 1.82) is 0 Å². The first kappa shape index (κ1) is 21.9. The van der Waals surface area contributed by atoms with Crippen molar-refractivity contribution >= 4 is 35.9 Å². The van der Waals surface area contributed by atoms with Crippen molar-refractivity contribution in [2.75, 3.05) is 46.5 Å². The van der Waals surface area contributed by atoms with Crippen LogP contribution in [0.3, 0.4) is 0 Å². The lowest BCUT2D eigenvalue weighted by molar-refractivity contribution is 0.0600. The van der Waals surface area contributed by atoms with E-state index in [1.54, 1.807) is 12.1 Å². The molecule has 1 aromatic rings. The van der Waals surface area contributed by atoms with Gasteiger partial charge >= 0.3 is 5.97 Å². The predicted molar refractivity (Wildman–Crippen MR) is 117 cm³/mol. The van der Waals surface area contributed by atoms with Gasteiger partial charge in [0, 0.05) is 38.2 Å². The highest BCUT2D eigenvalue weighted by Crippen LogP contribution is 2.38. The van der Waals surface area contributed by atoms with E-state index in [1.165, 1.54) is 19.1 Å². The Labute approximate surface area is 178 Å². The first-order chi connectivity index (χ1) is 12.7. The second-order valence-corrected chi connectivity index (χ2v) is 7.15. The summed E-state index contributed by atoms with van der Waals surface area (Å²) in [7, 11) is 1.40. The van der Waals surface area contributed by atoms with E-state index in [1.807, 2.05) is 12.1 Å². The van der Waals surface area contributed by atoms with E-state index in [0.29, 0.717) is 11.0 Å². The number of carbonyl (C=O) groups is 1. The minimum absolute atomic E-state index is 0. The third-order valence-electron chi connectivity index (χ3n) is 5.29. The third kappa shape index (κ3) is 5.57. The monoisotopic (exact) mass is 487 g/mol. The average Bonchev–Trinajstić information content (AvgIpc) is 3.31. The van der Waals surface area contributed by atoms with E-state index in [9.17, 15) is 4.79 Å². The number of benzene rings is 1. The summed E-state index contributed by atoms with van der Waals surface area (Å²) < 4.78 is 10.4. The van der Waals surface area contributed by atoms with Gasteiger partial charge in [-0.05, 0) is 43.9 Å². The molecule has 1 N–H and O–H groups in total.